The van der Waals surface area contributed by atoms with Crippen molar-refractivity contribution in [3.8, 4) is 0 Å². The van der Waals surface area contributed by atoms with Gasteiger partial charge in [0.2, 0.25) is 5.91 Å². The van der Waals surface area contributed by atoms with Crippen molar-refractivity contribution in [3.05, 3.63) is 113 Å². The number of hydrogen-bond donors (Lipinski definition) is 1. The van der Waals surface area contributed by atoms with Gasteiger partial charge in [0.15, 0.2) is 0 Å². The third-order valence-electron chi connectivity index (χ3n) is 6.94. The molecule has 0 fully saturated rings. The summed E-state index contributed by atoms with van der Waals surface area (Å²) in [6.07, 6.45) is 8.03. The highest BCUT2D eigenvalue weighted by molar-refractivity contribution is 6.06. The first-order valence-electron chi connectivity index (χ1n) is 11.2. The summed E-state index contributed by atoms with van der Waals surface area (Å²) in [6.45, 7) is 5.23. The Morgan fingerprint density at radius 2 is 1.76 bits per heavy atom. The van der Waals surface area contributed by atoms with Gasteiger partial charge in [-0.3, -0.25) is 9.59 Å². The van der Waals surface area contributed by atoms with Crippen LogP contribution < -0.4 is 10.6 Å². The minimum Gasteiger partial charge on any atom is -0.369 e. The molecule has 0 saturated carbocycles. The number of nitrogens with zero attached hydrogens (tertiary/aromatic N) is 2. The lowest BCUT2D eigenvalue weighted by molar-refractivity contribution is -0.121. The van der Waals surface area contributed by atoms with Gasteiger partial charge in [0.05, 0.1) is 12.5 Å². The number of fused-ring (bicyclic) bond motifs is 2. The normalized spacial score (nSPS) is 21.6. The molecule has 2 unspecified atom stereocenters. The standard InChI is InChI=1S/C28H27N3O2/c1-19-13-14-28(2,24(16-19)26(29)32)22-11-9-20(10-12-22)27(33)31-18-23-7-5-15-30(23)17-21-6-3-4-8-25(21)31/h3-16,24H,17-18H2,1-2H3,(H2,29,32). The van der Waals surface area contributed by atoms with Crippen molar-refractivity contribution < 1.29 is 9.59 Å². The molecule has 0 radical (unpaired) electrons. The number of anilines is 1. The van der Waals surface area contributed by atoms with Crippen LogP contribution in [0.5, 0.6) is 0 Å². The number of nitrogens with two attached hydrogens (primary N) is 1. The SMILES string of the molecule is CC1=CC(C(N)=O)C(C)(c2ccc(C(=O)N3Cc4cccn4Cc4ccccc43)cc2)C=C1. The van der Waals surface area contributed by atoms with E-state index in [0.717, 1.165) is 34.6 Å². The summed E-state index contributed by atoms with van der Waals surface area (Å²) in [5, 5.41) is 0. The molecule has 1 aromatic heterocycles. The maximum absolute atomic E-state index is 13.6. The Hall–Kier alpha value is -3.86. The number of primary amides is 1. The molecule has 2 aliphatic rings. The minimum absolute atomic E-state index is 0.0461. The van der Waals surface area contributed by atoms with Crippen LogP contribution in [0.4, 0.5) is 5.69 Å². The summed E-state index contributed by atoms with van der Waals surface area (Å²) < 4.78 is 2.19. The molecule has 166 valence electrons. The van der Waals surface area contributed by atoms with E-state index in [4.69, 9.17) is 5.73 Å². The molecule has 5 rings (SSSR count). The molecular weight excluding hydrogens is 410 g/mol. The molecule has 2 N–H and O–H groups in total. The van der Waals surface area contributed by atoms with Crippen LogP contribution in [0, 0.1) is 5.92 Å². The maximum atomic E-state index is 13.6. The third-order valence-corrected chi connectivity index (χ3v) is 6.94. The third kappa shape index (κ3) is 3.59. The van der Waals surface area contributed by atoms with E-state index in [-0.39, 0.29) is 11.8 Å². The van der Waals surface area contributed by atoms with Crippen molar-refractivity contribution in [2.75, 3.05) is 4.90 Å². The number of para-hydroxylation sites is 1. The number of benzene rings is 2. The van der Waals surface area contributed by atoms with E-state index in [2.05, 4.69) is 22.9 Å². The van der Waals surface area contributed by atoms with Crippen molar-refractivity contribution in [2.45, 2.75) is 32.4 Å². The lowest BCUT2D eigenvalue weighted by Gasteiger charge is -2.35. The van der Waals surface area contributed by atoms with Gasteiger partial charge in [-0.1, -0.05) is 61.1 Å². The van der Waals surface area contributed by atoms with Crippen LogP contribution in [0.2, 0.25) is 0 Å². The average Bonchev–Trinajstić information content (AvgIpc) is 3.19. The number of carbonyl (C=O) groups excluding carboxylic acids is 2. The molecule has 3 aromatic rings. The van der Waals surface area contributed by atoms with Gasteiger partial charge in [0.1, 0.15) is 0 Å². The van der Waals surface area contributed by atoms with Crippen molar-refractivity contribution >= 4 is 17.5 Å². The van der Waals surface area contributed by atoms with Crippen molar-refractivity contribution in [1.29, 1.82) is 0 Å². The number of carbonyl (C=O) groups is 2. The lowest BCUT2D eigenvalue weighted by Crippen LogP contribution is -2.40. The van der Waals surface area contributed by atoms with E-state index in [1.165, 1.54) is 0 Å². The van der Waals surface area contributed by atoms with E-state index < -0.39 is 11.3 Å². The van der Waals surface area contributed by atoms with Gasteiger partial charge in [-0.2, -0.15) is 0 Å². The fourth-order valence-electron chi connectivity index (χ4n) is 4.95. The second kappa shape index (κ2) is 7.93. The largest absolute Gasteiger partial charge is 0.369 e. The van der Waals surface area contributed by atoms with Crippen molar-refractivity contribution in [1.82, 2.24) is 4.57 Å². The van der Waals surface area contributed by atoms with Crippen LogP contribution in [0.25, 0.3) is 0 Å². The van der Waals surface area contributed by atoms with Gasteiger partial charge in [-0.15, -0.1) is 0 Å². The quantitative estimate of drug-likeness (QED) is 0.652. The van der Waals surface area contributed by atoms with Crippen LogP contribution in [-0.2, 0) is 23.3 Å². The van der Waals surface area contributed by atoms with Crippen LogP contribution in [0.15, 0.2) is 90.7 Å². The maximum Gasteiger partial charge on any atom is 0.258 e. The van der Waals surface area contributed by atoms with Crippen LogP contribution in [0.3, 0.4) is 0 Å². The predicted molar refractivity (Wildman–Crippen MR) is 130 cm³/mol. The Kier molecular flexibility index (Phi) is 5.05. The van der Waals surface area contributed by atoms with E-state index in [1.54, 1.807) is 0 Å². The van der Waals surface area contributed by atoms with Gasteiger partial charge in [0.25, 0.3) is 5.91 Å². The van der Waals surface area contributed by atoms with Crippen LogP contribution >= 0.6 is 0 Å². The molecule has 2 heterocycles. The van der Waals surface area contributed by atoms with E-state index in [9.17, 15) is 9.59 Å². The van der Waals surface area contributed by atoms with Crippen molar-refractivity contribution in [2.24, 2.45) is 11.7 Å². The van der Waals surface area contributed by atoms with Crippen LogP contribution in [-0.4, -0.2) is 16.4 Å². The Bertz CT molecular complexity index is 1300. The van der Waals surface area contributed by atoms with Gasteiger partial charge in [-0.25, -0.2) is 0 Å². The zero-order valence-corrected chi connectivity index (χ0v) is 18.9. The number of hydrogen-bond acceptors (Lipinski definition) is 2. The molecule has 0 bridgehead atoms. The smallest absolute Gasteiger partial charge is 0.258 e. The number of allylic oxidation sites excluding steroid dienone is 3. The van der Waals surface area contributed by atoms with Crippen LogP contribution in [0.1, 0.15) is 41.0 Å². The molecule has 2 aromatic carbocycles. The number of rotatable bonds is 3. The van der Waals surface area contributed by atoms with Crippen molar-refractivity contribution in [3.63, 3.8) is 0 Å². The Morgan fingerprint density at radius 3 is 2.52 bits per heavy atom. The first-order chi connectivity index (χ1) is 15.9. The van der Waals surface area contributed by atoms with E-state index in [1.807, 2.05) is 85.5 Å². The molecule has 2 atom stereocenters. The molecule has 5 heteroatoms. The molecule has 5 nitrogen and oxygen atoms in total. The molecule has 33 heavy (non-hydrogen) atoms. The highest BCUT2D eigenvalue weighted by Gasteiger charge is 2.38. The second-order valence-corrected chi connectivity index (χ2v) is 9.13. The summed E-state index contributed by atoms with van der Waals surface area (Å²) in [7, 11) is 0. The number of amides is 2. The minimum atomic E-state index is -0.553. The average molecular weight is 438 g/mol. The Balaban J connectivity index is 1.48. The Labute approximate surface area is 193 Å². The predicted octanol–water partition coefficient (Wildman–Crippen LogP) is 4.57. The topological polar surface area (TPSA) is 68.3 Å². The summed E-state index contributed by atoms with van der Waals surface area (Å²) >= 11 is 0. The first kappa shape index (κ1) is 21.0. The molecule has 1 aliphatic heterocycles. The second-order valence-electron chi connectivity index (χ2n) is 9.13. The summed E-state index contributed by atoms with van der Waals surface area (Å²) in [6, 6.07) is 19.7. The first-order valence-corrected chi connectivity index (χ1v) is 11.2. The summed E-state index contributed by atoms with van der Waals surface area (Å²) in [5.41, 5.74) is 10.9. The zero-order chi connectivity index (χ0) is 23.2. The van der Waals surface area contributed by atoms with E-state index >= 15 is 0 Å². The molecular formula is C28H27N3O2. The fourth-order valence-corrected chi connectivity index (χ4v) is 4.95. The number of aromatic nitrogens is 1. The monoisotopic (exact) mass is 437 g/mol. The molecule has 2 amide bonds. The van der Waals surface area contributed by atoms with Gasteiger partial charge < -0.3 is 15.2 Å². The highest BCUT2D eigenvalue weighted by Crippen LogP contribution is 2.39. The lowest BCUT2D eigenvalue weighted by atomic mass is 9.68. The fraction of sp³-hybridized carbons (Fsp3) is 0.214. The van der Waals surface area contributed by atoms with Gasteiger partial charge >= 0.3 is 0 Å². The van der Waals surface area contributed by atoms with Gasteiger partial charge in [0, 0.05) is 35.1 Å². The molecule has 0 spiro atoms. The zero-order valence-electron chi connectivity index (χ0n) is 18.9. The Morgan fingerprint density at radius 1 is 1.00 bits per heavy atom. The molecule has 1 aliphatic carbocycles. The van der Waals surface area contributed by atoms with E-state index in [0.29, 0.717) is 12.1 Å². The summed E-state index contributed by atoms with van der Waals surface area (Å²) in [4.78, 5) is 27.7. The van der Waals surface area contributed by atoms with Gasteiger partial charge in [-0.05, 0) is 48.4 Å². The molecule has 0 saturated heterocycles. The summed E-state index contributed by atoms with van der Waals surface area (Å²) in [5.74, 6) is -0.838. The highest BCUT2D eigenvalue weighted by atomic mass is 16.2.